The minimum absolute atomic E-state index is 0.0407. The van der Waals surface area contributed by atoms with Crippen LogP contribution in [0.3, 0.4) is 0 Å². The normalized spacial score (nSPS) is 14.0. The Bertz CT molecular complexity index is 1720. The predicted octanol–water partition coefficient (Wildman–Crippen LogP) is 5.90. The van der Waals surface area contributed by atoms with Gasteiger partial charge in [-0.25, -0.2) is 8.42 Å². The molecule has 4 aromatic rings. The van der Waals surface area contributed by atoms with Gasteiger partial charge in [-0.2, -0.15) is 0 Å². The van der Waals surface area contributed by atoms with Crippen molar-refractivity contribution >= 4 is 27.5 Å². The molecule has 240 valence electrons. The minimum atomic E-state index is -4.21. The monoisotopic (exact) mass is 639 g/mol. The second-order valence-electron chi connectivity index (χ2n) is 11.6. The second kappa shape index (κ2) is 15.1. The molecule has 0 saturated heterocycles. The molecule has 4 aromatic carbocycles. The summed E-state index contributed by atoms with van der Waals surface area (Å²) in [4.78, 5) is 30.4. The molecule has 1 fully saturated rings. The highest BCUT2D eigenvalue weighted by atomic mass is 32.2. The van der Waals surface area contributed by atoms with E-state index in [0.717, 1.165) is 46.7 Å². The number of anilines is 1. The number of carbonyl (C=O) groups is 2. The Hall–Kier alpha value is -4.63. The van der Waals surface area contributed by atoms with E-state index in [1.54, 1.807) is 47.4 Å². The summed E-state index contributed by atoms with van der Waals surface area (Å²) in [7, 11) is -2.75. The molecule has 0 bridgehead atoms. The van der Waals surface area contributed by atoms with Crippen molar-refractivity contribution in [1.29, 1.82) is 0 Å². The molecule has 0 unspecified atom stereocenters. The molecule has 1 aliphatic carbocycles. The van der Waals surface area contributed by atoms with Gasteiger partial charge < -0.3 is 15.0 Å². The first-order chi connectivity index (χ1) is 22.3. The van der Waals surface area contributed by atoms with Gasteiger partial charge >= 0.3 is 0 Å². The van der Waals surface area contributed by atoms with Crippen LogP contribution in [0.25, 0.3) is 0 Å². The third kappa shape index (κ3) is 7.77. The summed E-state index contributed by atoms with van der Waals surface area (Å²) in [6, 6.07) is 31.2. The summed E-state index contributed by atoms with van der Waals surface area (Å²) in [5.74, 6) is -0.441. The van der Waals surface area contributed by atoms with E-state index in [9.17, 15) is 18.0 Å². The van der Waals surface area contributed by atoms with Crippen LogP contribution in [0.1, 0.15) is 42.4 Å². The van der Waals surface area contributed by atoms with Crippen molar-refractivity contribution in [2.45, 2.75) is 62.6 Å². The summed E-state index contributed by atoms with van der Waals surface area (Å²) >= 11 is 0. The fourth-order valence-electron chi connectivity index (χ4n) is 5.96. The van der Waals surface area contributed by atoms with Gasteiger partial charge in [-0.3, -0.25) is 13.9 Å². The number of para-hydroxylation sites is 2. The molecule has 8 nitrogen and oxygen atoms in total. The molecule has 0 heterocycles. The molecule has 2 amide bonds. The summed E-state index contributed by atoms with van der Waals surface area (Å²) in [5.41, 5.74) is 2.97. The smallest absolute Gasteiger partial charge is 0.264 e. The number of amides is 2. The average molecular weight is 640 g/mol. The third-order valence-electron chi connectivity index (χ3n) is 8.54. The molecule has 46 heavy (non-hydrogen) atoms. The fraction of sp³-hybridized carbons (Fsp3) is 0.297. The average Bonchev–Trinajstić information content (AvgIpc) is 3.59. The van der Waals surface area contributed by atoms with Crippen molar-refractivity contribution in [3.8, 4) is 5.75 Å². The molecule has 5 rings (SSSR count). The molecular weight excluding hydrogens is 598 g/mol. The topological polar surface area (TPSA) is 96.0 Å². The van der Waals surface area contributed by atoms with Gasteiger partial charge in [-0.1, -0.05) is 97.8 Å². The lowest BCUT2D eigenvalue weighted by Gasteiger charge is -2.35. The summed E-state index contributed by atoms with van der Waals surface area (Å²) in [5, 5.41) is 3.21. The van der Waals surface area contributed by atoms with Gasteiger partial charge in [-0.15, -0.1) is 0 Å². The van der Waals surface area contributed by atoms with Crippen molar-refractivity contribution in [3.63, 3.8) is 0 Å². The van der Waals surface area contributed by atoms with Crippen molar-refractivity contribution in [3.05, 3.63) is 126 Å². The fourth-order valence-corrected chi connectivity index (χ4v) is 7.41. The molecule has 0 aliphatic heterocycles. The number of sulfonamides is 1. The zero-order valence-electron chi connectivity index (χ0n) is 26.3. The van der Waals surface area contributed by atoms with Gasteiger partial charge in [0.1, 0.15) is 18.3 Å². The highest BCUT2D eigenvalue weighted by Gasteiger charge is 2.36. The number of hydrogen-bond donors (Lipinski definition) is 1. The molecule has 1 saturated carbocycles. The van der Waals surface area contributed by atoms with Crippen LogP contribution in [-0.4, -0.2) is 50.9 Å². The molecule has 9 heteroatoms. The highest BCUT2D eigenvalue weighted by Crippen LogP contribution is 2.33. The van der Waals surface area contributed by atoms with E-state index in [2.05, 4.69) is 5.32 Å². The van der Waals surface area contributed by atoms with Crippen molar-refractivity contribution in [2.75, 3.05) is 18.0 Å². The zero-order chi connectivity index (χ0) is 32.5. The Labute approximate surface area is 272 Å². The Kier molecular flexibility index (Phi) is 10.8. The van der Waals surface area contributed by atoms with Crippen LogP contribution < -0.4 is 14.4 Å². The highest BCUT2D eigenvalue weighted by molar-refractivity contribution is 7.92. The Morgan fingerprint density at radius 2 is 1.46 bits per heavy atom. The van der Waals surface area contributed by atoms with Crippen molar-refractivity contribution in [2.24, 2.45) is 0 Å². The predicted molar refractivity (Wildman–Crippen MR) is 180 cm³/mol. The van der Waals surface area contributed by atoms with Crippen LogP contribution in [0.15, 0.2) is 114 Å². The first-order valence-electron chi connectivity index (χ1n) is 15.7. The Morgan fingerprint density at radius 3 is 2.13 bits per heavy atom. The maximum atomic E-state index is 14.7. The van der Waals surface area contributed by atoms with E-state index in [4.69, 9.17) is 4.74 Å². The third-order valence-corrected chi connectivity index (χ3v) is 10.3. The number of aryl methyl sites for hydroxylation is 1. The molecule has 1 atom stereocenters. The molecule has 0 radical (unpaired) electrons. The molecule has 0 aromatic heterocycles. The van der Waals surface area contributed by atoms with Gasteiger partial charge in [0.15, 0.2) is 0 Å². The summed E-state index contributed by atoms with van der Waals surface area (Å²) in [6.07, 6.45) is 4.16. The first kappa shape index (κ1) is 32.8. The molecule has 1 aliphatic rings. The molecular formula is C37H41N3O5S. The maximum Gasteiger partial charge on any atom is 0.264 e. The lowest BCUT2D eigenvalue weighted by Crippen LogP contribution is -2.54. The Morgan fingerprint density at radius 1 is 0.848 bits per heavy atom. The quantitative estimate of drug-likeness (QED) is 0.197. The number of hydrogen-bond acceptors (Lipinski definition) is 5. The number of benzene rings is 4. The SMILES string of the molecule is COc1ccccc1N(CC(=O)N(Cc1ccccc1C)[C@@H](Cc1ccccc1)C(=O)NC1CCCC1)S(=O)(=O)c1ccccc1. The maximum absolute atomic E-state index is 14.7. The summed E-state index contributed by atoms with van der Waals surface area (Å²) in [6.45, 7) is 1.56. The Balaban J connectivity index is 1.59. The van der Waals surface area contributed by atoms with Crippen LogP contribution in [0.4, 0.5) is 5.69 Å². The number of rotatable bonds is 13. The molecule has 0 spiro atoms. The van der Waals surface area contributed by atoms with E-state index < -0.39 is 28.5 Å². The van der Waals surface area contributed by atoms with Gasteiger partial charge in [-0.05, 0) is 60.7 Å². The van der Waals surface area contributed by atoms with Crippen LogP contribution in [-0.2, 0) is 32.6 Å². The van der Waals surface area contributed by atoms with Crippen LogP contribution >= 0.6 is 0 Å². The largest absolute Gasteiger partial charge is 0.495 e. The zero-order valence-corrected chi connectivity index (χ0v) is 27.2. The van der Waals surface area contributed by atoms with Crippen molar-refractivity contribution in [1.82, 2.24) is 10.2 Å². The van der Waals surface area contributed by atoms with Crippen LogP contribution in [0.5, 0.6) is 5.75 Å². The molecule has 1 N–H and O–H groups in total. The van der Waals surface area contributed by atoms with Gasteiger partial charge in [0.25, 0.3) is 10.0 Å². The van der Waals surface area contributed by atoms with Crippen LogP contribution in [0.2, 0.25) is 0 Å². The van der Waals surface area contributed by atoms with E-state index in [0.29, 0.717) is 5.75 Å². The minimum Gasteiger partial charge on any atom is -0.495 e. The number of ether oxygens (including phenoxy) is 1. The van der Waals surface area contributed by atoms with E-state index >= 15 is 0 Å². The van der Waals surface area contributed by atoms with E-state index in [-0.39, 0.29) is 35.5 Å². The standard InChI is InChI=1S/C37H41N3O5S/c1-28-15-9-10-18-30(28)26-39(34(25-29-16-5-3-6-17-29)37(42)38-31-19-11-12-20-31)36(41)27-40(33-23-13-14-24-35(33)45-2)46(43,44)32-21-7-4-8-22-32/h3-10,13-18,21-24,31,34H,11-12,19-20,25-27H2,1-2H3,(H,38,42)/t34-/m0/s1. The number of nitrogens with zero attached hydrogens (tertiary/aromatic N) is 2. The van der Waals surface area contributed by atoms with Crippen molar-refractivity contribution < 1.29 is 22.7 Å². The van der Waals surface area contributed by atoms with Gasteiger partial charge in [0.05, 0.1) is 17.7 Å². The number of methoxy groups -OCH3 is 1. The van der Waals surface area contributed by atoms with Gasteiger partial charge in [0.2, 0.25) is 11.8 Å². The first-order valence-corrected chi connectivity index (χ1v) is 17.1. The van der Waals surface area contributed by atoms with Crippen LogP contribution in [0, 0.1) is 6.92 Å². The van der Waals surface area contributed by atoms with Gasteiger partial charge in [0, 0.05) is 19.0 Å². The summed E-state index contributed by atoms with van der Waals surface area (Å²) < 4.78 is 35.1. The number of nitrogens with one attached hydrogen (secondary N) is 1. The second-order valence-corrected chi connectivity index (χ2v) is 13.5. The van der Waals surface area contributed by atoms with E-state index in [1.807, 2.05) is 61.5 Å². The van der Waals surface area contributed by atoms with E-state index in [1.165, 1.54) is 19.2 Å². The lowest BCUT2D eigenvalue weighted by atomic mass is 10.0. The number of carbonyl (C=O) groups excluding carboxylic acids is 2. The lowest BCUT2D eigenvalue weighted by molar-refractivity contribution is -0.140.